The molecule has 170 valence electrons. The summed E-state index contributed by atoms with van der Waals surface area (Å²) in [6.07, 6.45) is 0.542. The number of aromatic nitrogens is 1. The molecule has 2 aliphatic rings. The Morgan fingerprint density at radius 2 is 1.50 bits per heavy atom. The van der Waals surface area contributed by atoms with Gasteiger partial charge in [-0.25, -0.2) is 0 Å². The lowest BCUT2D eigenvalue weighted by atomic mass is 9.98. The molecule has 0 unspecified atom stereocenters. The van der Waals surface area contributed by atoms with Crippen molar-refractivity contribution in [1.29, 1.82) is 0 Å². The second-order valence-corrected chi connectivity index (χ2v) is 8.67. The fraction of sp³-hybridized carbons (Fsp3) is 0.250. The number of hydrogen-bond acceptors (Lipinski definition) is 6. The van der Waals surface area contributed by atoms with Crippen molar-refractivity contribution in [3.8, 4) is 0 Å². The summed E-state index contributed by atoms with van der Waals surface area (Å²) in [7, 11) is 0. The normalized spacial score (nSPS) is 17.1. The van der Waals surface area contributed by atoms with Crippen LogP contribution in [0.5, 0.6) is 0 Å². The van der Waals surface area contributed by atoms with Crippen molar-refractivity contribution in [2.75, 3.05) is 19.8 Å². The van der Waals surface area contributed by atoms with E-state index in [0.717, 1.165) is 33.7 Å². The van der Waals surface area contributed by atoms with E-state index < -0.39 is 5.92 Å². The Kier molecular flexibility index (Phi) is 5.41. The summed E-state index contributed by atoms with van der Waals surface area (Å²) in [5, 5.41) is 2.82. The van der Waals surface area contributed by atoms with Crippen LogP contribution < -0.4 is 0 Å². The lowest BCUT2D eigenvalue weighted by Crippen LogP contribution is -2.29. The fourth-order valence-electron chi connectivity index (χ4n) is 4.75. The maximum absolute atomic E-state index is 13.3. The van der Waals surface area contributed by atoms with Crippen molar-refractivity contribution in [3.63, 3.8) is 0 Å². The minimum absolute atomic E-state index is 0.196. The smallest absolute Gasteiger partial charge is 0.180 e. The molecule has 0 spiro atoms. The zero-order valence-corrected chi connectivity index (χ0v) is 18.5. The van der Waals surface area contributed by atoms with Gasteiger partial charge in [-0.15, -0.1) is 0 Å². The highest BCUT2D eigenvalue weighted by atomic mass is 16.7. The quantitative estimate of drug-likeness (QED) is 0.403. The number of benzene rings is 3. The molecule has 3 aromatic carbocycles. The number of ketones is 2. The highest BCUT2D eigenvalue weighted by Gasteiger charge is 2.40. The van der Waals surface area contributed by atoms with Crippen LogP contribution in [0.3, 0.4) is 0 Å². The van der Waals surface area contributed by atoms with E-state index in [1.165, 1.54) is 0 Å². The summed E-state index contributed by atoms with van der Waals surface area (Å²) in [5.41, 5.74) is 3.03. The maximum atomic E-state index is 13.3. The first-order valence-electron chi connectivity index (χ1n) is 11.5. The van der Waals surface area contributed by atoms with Crippen molar-refractivity contribution >= 4 is 33.2 Å². The van der Waals surface area contributed by atoms with Crippen molar-refractivity contribution in [3.05, 3.63) is 89.1 Å². The van der Waals surface area contributed by atoms with Crippen LogP contribution in [0.1, 0.15) is 44.3 Å². The van der Waals surface area contributed by atoms with E-state index in [4.69, 9.17) is 19.2 Å². The highest BCUT2D eigenvalue weighted by molar-refractivity contribution is 6.30. The Labute approximate surface area is 196 Å². The maximum Gasteiger partial charge on any atom is 0.180 e. The topological polar surface area (TPSA) is 74.7 Å². The number of para-hydroxylation sites is 1. The van der Waals surface area contributed by atoms with Crippen molar-refractivity contribution in [1.82, 2.24) is 4.98 Å². The van der Waals surface area contributed by atoms with Gasteiger partial charge in [-0.1, -0.05) is 48.5 Å². The molecule has 6 heteroatoms. The van der Waals surface area contributed by atoms with Crippen LogP contribution in [0.25, 0.3) is 21.7 Å². The molecule has 0 N–H and O–H groups in total. The fourth-order valence-corrected chi connectivity index (χ4v) is 4.75. The Morgan fingerprint density at radius 1 is 0.824 bits per heavy atom. The number of pyridine rings is 1. The molecule has 0 bridgehead atoms. The van der Waals surface area contributed by atoms with Crippen LogP contribution >= 0.6 is 0 Å². The van der Waals surface area contributed by atoms with E-state index >= 15 is 0 Å². The third kappa shape index (κ3) is 3.70. The van der Waals surface area contributed by atoms with Crippen LogP contribution in [0.2, 0.25) is 0 Å². The van der Waals surface area contributed by atoms with Gasteiger partial charge < -0.3 is 14.2 Å². The van der Waals surface area contributed by atoms with E-state index in [9.17, 15) is 9.59 Å². The minimum Gasteiger partial charge on any atom is -0.371 e. The molecule has 6 rings (SSSR count). The molecule has 0 saturated carbocycles. The summed E-state index contributed by atoms with van der Waals surface area (Å²) >= 11 is 0. The molecule has 1 aliphatic heterocycles. The van der Waals surface area contributed by atoms with Gasteiger partial charge in [-0.3, -0.25) is 14.6 Å². The molecule has 2 heterocycles. The first kappa shape index (κ1) is 21.1. The van der Waals surface area contributed by atoms with Gasteiger partial charge in [-0.05, 0) is 35.4 Å². The molecule has 1 aliphatic carbocycles. The van der Waals surface area contributed by atoms with E-state index in [2.05, 4.69) is 0 Å². The van der Waals surface area contributed by atoms with Gasteiger partial charge in [0.05, 0.1) is 37.6 Å². The summed E-state index contributed by atoms with van der Waals surface area (Å²) in [6.45, 7) is 2.01. The third-order valence-corrected chi connectivity index (χ3v) is 6.47. The number of hydrogen-bond donors (Lipinski definition) is 0. The summed E-state index contributed by atoms with van der Waals surface area (Å²) in [4.78, 5) is 31.4. The van der Waals surface area contributed by atoms with Crippen LogP contribution in [-0.4, -0.2) is 42.7 Å². The van der Waals surface area contributed by atoms with E-state index in [-0.39, 0.29) is 17.9 Å². The number of carbonyl (C=O) groups is 2. The average Bonchev–Trinajstić information content (AvgIpc) is 3.12. The van der Waals surface area contributed by atoms with Crippen molar-refractivity contribution < 1.29 is 23.8 Å². The van der Waals surface area contributed by atoms with Crippen molar-refractivity contribution in [2.45, 2.75) is 25.2 Å². The average molecular weight is 453 g/mol. The van der Waals surface area contributed by atoms with Gasteiger partial charge in [-0.2, -0.15) is 0 Å². The second-order valence-electron chi connectivity index (χ2n) is 8.67. The number of nitrogens with zero attached hydrogens (tertiary/aromatic N) is 1. The van der Waals surface area contributed by atoms with Gasteiger partial charge in [0.15, 0.2) is 17.9 Å². The molecule has 1 fully saturated rings. The Balaban J connectivity index is 1.30. The van der Waals surface area contributed by atoms with Gasteiger partial charge >= 0.3 is 0 Å². The van der Waals surface area contributed by atoms with Crippen molar-refractivity contribution in [2.24, 2.45) is 0 Å². The molecular formula is C28H23NO5. The van der Waals surface area contributed by atoms with E-state index in [1.807, 2.05) is 60.7 Å². The molecule has 6 nitrogen and oxygen atoms in total. The number of Topliss-reactive ketones (excluding diaryl/α,β-unsaturated/α-hetero) is 2. The Hall–Kier alpha value is -3.45. The Bertz CT molecular complexity index is 1370. The van der Waals surface area contributed by atoms with E-state index in [0.29, 0.717) is 43.2 Å². The third-order valence-electron chi connectivity index (χ3n) is 6.47. The molecule has 34 heavy (non-hydrogen) atoms. The van der Waals surface area contributed by atoms with Gasteiger partial charge in [0, 0.05) is 22.1 Å². The predicted molar refractivity (Wildman–Crippen MR) is 127 cm³/mol. The van der Waals surface area contributed by atoms with Crippen LogP contribution in [0, 0.1) is 0 Å². The molecule has 1 aromatic heterocycles. The van der Waals surface area contributed by atoms with Crippen LogP contribution in [0.4, 0.5) is 0 Å². The first-order valence-corrected chi connectivity index (χ1v) is 11.5. The van der Waals surface area contributed by atoms with Crippen LogP contribution in [0.15, 0.2) is 66.7 Å². The number of rotatable bonds is 5. The second kappa shape index (κ2) is 8.72. The number of ether oxygens (including phenoxy) is 3. The molecule has 0 atom stereocenters. The SMILES string of the molecule is O=C1c2cc3ccccc3cc2C(=O)C1c1ccc2cccc(COCC3OCCCO3)c2n1. The number of carbonyl (C=O) groups excluding carboxylic acids is 2. The molecular weight excluding hydrogens is 430 g/mol. The number of fused-ring (bicyclic) bond motifs is 3. The lowest BCUT2D eigenvalue weighted by molar-refractivity contribution is -0.204. The molecule has 1 saturated heterocycles. The van der Waals surface area contributed by atoms with Gasteiger partial charge in [0.2, 0.25) is 0 Å². The zero-order chi connectivity index (χ0) is 23.1. The largest absolute Gasteiger partial charge is 0.371 e. The zero-order valence-electron chi connectivity index (χ0n) is 18.5. The Morgan fingerprint density at radius 3 is 2.21 bits per heavy atom. The highest BCUT2D eigenvalue weighted by Crippen LogP contribution is 2.36. The standard InChI is InChI=1S/C28H23NO5/c30-27-21-13-18-5-1-2-6-19(18)14-22(21)28(31)25(27)23-10-9-17-7-3-8-20(26(17)29-23)15-32-16-24-33-11-4-12-34-24/h1-3,5-10,13-14,24-25H,4,11-12,15-16H2. The lowest BCUT2D eigenvalue weighted by Gasteiger charge is -2.23. The van der Waals surface area contributed by atoms with Gasteiger partial charge in [0.25, 0.3) is 0 Å². The predicted octanol–water partition coefficient (Wildman–Crippen LogP) is 4.83. The monoisotopic (exact) mass is 453 g/mol. The van der Waals surface area contributed by atoms with Crippen LogP contribution in [-0.2, 0) is 20.8 Å². The molecule has 4 aromatic rings. The minimum atomic E-state index is -0.922. The first-order chi connectivity index (χ1) is 16.7. The van der Waals surface area contributed by atoms with E-state index in [1.54, 1.807) is 6.07 Å². The van der Waals surface area contributed by atoms with Gasteiger partial charge in [0.1, 0.15) is 5.92 Å². The molecule has 0 amide bonds. The molecule has 0 radical (unpaired) electrons. The summed E-state index contributed by atoms with van der Waals surface area (Å²) < 4.78 is 16.9. The summed E-state index contributed by atoms with van der Waals surface area (Å²) in [6, 6.07) is 20.9. The summed E-state index contributed by atoms with van der Waals surface area (Å²) in [5.74, 6) is -1.31.